The SMILES string of the molecule is COC(=O)[C@]1(F)C(=O)NC(=O)N[C@H]1O. The molecule has 1 aliphatic heterocycles. The molecule has 8 heteroatoms. The quantitative estimate of drug-likeness (QED) is 0.341. The highest BCUT2D eigenvalue weighted by molar-refractivity contribution is 6.13. The van der Waals surface area contributed by atoms with Crippen LogP contribution in [0.3, 0.4) is 0 Å². The fourth-order valence-corrected chi connectivity index (χ4v) is 0.931. The lowest BCUT2D eigenvalue weighted by molar-refractivity contribution is -0.172. The van der Waals surface area contributed by atoms with Crippen LogP contribution in [0.1, 0.15) is 0 Å². The zero-order valence-electron chi connectivity index (χ0n) is 7.04. The number of nitrogens with one attached hydrogen (secondary N) is 2. The molecule has 1 aliphatic rings. The highest BCUT2D eigenvalue weighted by Crippen LogP contribution is 2.20. The molecule has 2 atom stereocenters. The molecule has 0 radical (unpaired) electrons. The highest BCUT2D eigenvalue weighted by atomic mass is 19.1. The van der Waals surface area contributed by atoms with Crippen molar-refractivity contribution in [3.8, 4) is 0 Å². The molecule has 0 aromatic rings. The average molecular weight is 206 g/mol. The van der Waals surface area contributed by atoms with Crippen molar-refractivity contribution >= 4 is 17.9 Å². The van der Waals surface area contributed by atoms with Gasteiger partial charge in [0.2, 0.25) is 0 Å². The Morgan fingerprint density at radius 3 is 2.64 bits per heavy atom. The largest absolute Gasteiger partial charge is 0.466 e. The zero-order valence-corrected chi connectivity index (χ0v) is 7.04. The Balaban J connectivity index is 3.01. The summed E-state index contributed by atoms with van der Waals surface area (Å²) in [5.41, 5.74) is -3.30. The Bertz CT molecular complexity index is 307. The molecule has 1 fully saturated rings. The topological polar surface area (TPSA) is 105 Å². The van der Waals surface area contributed by atoms with E-state index in [9.17, 15) is 18.8 Å². The first-order chi connectivity index (χ1) is 6.42. The Kier molecular flexibility index (Phi) is 2.39. The van der Waals surface area contributed by atoms with Crippen molar-refractivity contribution in [3.63, 3.8) is 0 Å². The van der Waals surface area contributed by atoms with E-state index in [4.69, 9.17) is 5.11 Å². The predicted octanol–water partition coefficient (Wildman–Crippen LogP) is -1.97. The maximum absolute atomic E-state index is 13.6. The van der Waals surface area contributed by atoms with Gasteiger partial charge in [-0.3, -0.25) is 10.1 Å². The van der Waals surface area contributed by atoms with Crippen LogP contribution in [0.25, 0.3) is 0 Å². The van der Waals surface area contributed by atoms with E-state index in [-0.39, 0.29) is 0 Å². The van der Waals surface area contributed by atoms with Gasteiger partial charge in [-0.1, -0.05) is 0 Å². The summed E-state index contributed by atoms with van der Waals surface area (Å²) in [5, 5.41) is 12.1. The summed E-state index contributed by atoms with van der Waals surface area (Å²) < 4.78 is 17.6. The molecule has 3 N–H and O–H groups in total. The van der Waals surface area contributed by atoms with E-state index in [0.29, 0.717) is 0 Å². The normalized spacial score (nSPS) is 31.8. The van der Waals surface area contributed by atoms with E-state index < -0.39 is 29.8 Å². The molecule has 78 valence electrons. The summed E-state index contributed by atoms with van der Waals surface area (Å²) in [5.74, 6) is -3.14. The van der Waals surface area contributed by atoms with Gasteiger partial charge in [0, 0.05) is 0 Å². The molecule has 14 heavy (non-hydrogen) atoms. The Hall–Kier alpha value is -1.70. The van der Waals surface area contributed by atoms with Crippen LogP contribution in [0.4, 0.5) is 9.18 Å². The first-order valence-electron chi connectivity index (χ1n) is 3.50. The van der Waals surface area contributed by atoms with E-state index in [1.54, 1.807) is 5.32 Å². The van der Waals surface area contributed by atoms with Gasteiger partial charge in [-0.15, -0.1) is 0 Å². The third kappa shape index (κ3) is 1.29. The minimum atomic E-state index is -3.30. The maximum Gasteiger partial charge on any atom is 0.358 e. The van der Waals surface area contributed by atoms with Crippen molar-refractivity contribution < 1.29 is 28.6 Å². The number of halogens is 1. The van der Waals surface area contributed by atoms with Crippen LogP contribution in [-0.2, 0) is 14.3 Å². The van der Waals surface area contributed by atoms with Gasteiger partial charge in [-0.2, -0.15) is 0 Å². The third-order valence-corrected chi connectivity index (χ3v) is 1.68. The summed E-state index contributed by atoms with van der Waals surface area (Å²) in [6, 6.07) is -1.08. The number of rotatable bonds is 1. The van der Waals surface area contributed by atoms with Gasteiger partial charge in [-0.25, -0.2) is 14.0 Å². The first-order valence-corrected chi connectivity index (χ1v) is 3.50. The summed E-state index contributed by atoms with van der Waals surface area (Å²) in [7, 11) is 0.847. The van der Waals surface area contributed by atoms with Crippen LogP contribution >= 0.6 is 0 Å². The fraction of sp³-hybridized carbons (Fsp3) is 0.500. The summed E-state index contributed by atoms with van der Waals surface area (Å²) in [6.07, 6.45) is -2.25. The van der Waals surface area contributed by atoms with E-state index in [1.807, 2.05) is 0 Å². The van der Waals surface area contributed by atoms with Crippen LogP contribution in [0.15, 0.2) is 0 Å². The lowest BCUT2D eigenvalue weighted by atomic mass is 10.0. The van der Waals surface area contributed by atoms with Gasteiger partial charge in [0.1, 0.15) is 0 Å². The predicted molar refractivity (Wildman–Crippen MR) is 38.5 cm³/mol. The van der Waals surface area contributed by atoms with Crippen LogP contribution in [0.5, 0.6) is 0 Å². The van der Waals surface area contributed by atoms with Crippen molar-refractivity contribution in [1.82, 2.24) is 10.6 Å². The van der Waals surface area contributed by atoms with Gasteiger partial charge in [0.25, 0.3) is 5.91 Å². The summed E-state index contributed by atoms with van der Waals surface area (Å²) in [6.45, 7) is 0. The molecule has 7 nitrogen and oxygen atoms in total. The minimum Gasteiger partial charge on any atom is -0.466 e. The third-order valence-electron chi connectivity index (χ3n) is 1.68. The molecule has 3 amide bonds. The number of aliphatic hydroxyl groups excluding tert-OH is 1. The van der Waals surface area contributed by atoms with Gasteiger partial charge >= 0.3 is 17.7 Å². The van der Waals surface area contributed by atoms with Gasteiger partial charge in [-0.05, 0) is 0 Å². The number of ether oxygens (including phenoxy) is 1. The van der Waals surface area contributed by atoms with Crippen molar-refractivity contribution in [1.29, 1.82) is 0 Å². The van der Waals surface area contributed by atoms with Gasteiger partial charge in [0.05, 0.1) is 7.11 Å². The van der Waals surface area contributed by atoms with E-state index in [2.05, 4.69) is 4.74 Å². The van der Waals surface area contributed by atoms with Crippen LogP contribution in [-0.4, -0.2) is 42.0 Å². The second kappa shape index (κ2) is 3.22. The van der Waals surface area contributed by atoms with Crippen LogP contribution < -0.4 is 10.6 Å². The molecule has 0 bridgehead atoms. The molecule has 1 rings (SSSR count). The number of methoxy groups -OCH3 is 1. The second-order valence-corrected chi connectivity index (χ2v) is 2.53. The number of alkyl halides is 1. The molecule has 0 saturated carbocycles. The second-order valence-electron chi connectivity index (χ2n) is 2.53. The lowest BCUT2D eigenvalue weighted by Crippen LogP contribution is -2.70. The van der Waals surface area contributed by atoms with E-state index in [0.717, 1.165) is 7.11 Å². The number of hydrogen-bond acceptors (Lipinski definition) is 5. The zero-order chi connectivity index (χ0) is 10.9. The molecular weight excluding hydrogens is 199 g/mol. The first kappa shape index (κ1) is 10.4. The molecular formula is C6H7FN2O5. The highest BCUT2D eigenvalue weighted by Gasteiger charge is 2.58. The summed E-state index contributed by atoms with van der Waals surface area (Å²) >= 11 is 0. The number of carbonyl (C=O) groups is 3. The Morgan fingerprint density at radius 2 is 2.21 bits per heavy atom. The molecule has 0 unspecified atom stereocenters. The number of aliphatic hydroxyl groups is 1. The molecule has 0 spiro atoms. The monoisotopic (exact) mass is 206 g/mol. The number of urea groups is 1. The van der Waals surface area contributed by atoms with Gasteiger partial charge in [0.15, 0.2) is 6.23 Å². The van der Waals surface area contributed by atoms with Crippen molar-refractivity contribution in [3.05, 3.63) is 0 Å². The van der Waals surface area contributed by atoms with E-state index >= 15 is 0 Å². The molecule has 0 aromatic heterocycles. The standard InChI is InChI=1S/C6H7FN2O5/c1-14-4(12)6(7)2(10)8-5(13)9-3(6)11/h2,10H,1H3,(H2,8,9,11,13)/t2-,6+/m0/s1. The Labute approximate surface area is 77.2 Å². The molecule has 1 saturated heterocycles. The minimum absolute atomic E-state index is 0.847. The van der Waals surface area contributed by atoms with Crippen LogP contribution in [0.2, 0.25) is 0 Å². The number of imide groups is 1. The smallest absolute Gasteiger partial charge is 0.358 e. The number of carbonyl (C=O) groups excluding carboxylic acids is 3. The molecule has 0 aliphatic carbocycles. The number of hydrogen-bond donors (Lipinski definition) is 3. The van der Waals surface area contributed by atoms with Gasteiger partial charge < -0.3 is 15.2 Å². The maximum atomic E-state index is 13.6. The van der Waals surface area contributed by atoms with Crippen LogP contribution in [0, 0.1) is 0 Å². The number of amides is 3. The average Bonchev–Trinajstić information content (AvgIpc) is 2.12. The molecule has 1 heterocycles. The fourth-order valence-electron chi connectivity index (χ4n) is 0.931. The molecule has 0 aromatic carbocycles. The number of esters is 1. The van der Waals surface area contributed by atoms with Crippen molar-refractivity contribution in [2.45, 2.75) is 11.9 Å². The summed E-state index contributed by atoms with van der Waals surface area (Å²) in [4.78, 5) is 32.3. The van der Waals surface area contributed by atoms with E-state index in [1.165, 1.54) is 5.32 Å². The van der Waals surface area contributed by atoms with Crippen molar-refractivity contribution in [2.24, 2.45) is 0 Å². The van der Waals surface area contributed by atoms with Crippen molar-refractivity contribution in [2.75, 3.05) is 7.11 Å². The Morgan fingerprint density at radius 1 is 1.64 bits per heavy atom. The lowest BCUT2D eigenvalue weighted by Gasteiger charge is -2.30.